The third-order valence-corrected chi connectivity index (χ3v) is 3.78. The van der Waals surface area contributed by atoms with Gasteiger partial charge in [-0.3, -0.25) is 9.59 Å². The molecule has 0 aromatic heterocycles. The van der Waals surface area contributed by atoms with Crippen LogP contribution in [0.5, 0.6) is 5.75 Å². The predicted molar refractivity (Wildman–Crippen MR) is 87.4 cm³/mol. The van der Waals surface area contributed by atoms with Crippen LogP contribution in [0.3, 0.4) is 0 Å². The van der Waals surface area contributed by atoms with Crippen LogP contribution in [0.25, 0.3) is 0 Å². The molecule has 1 atom stereocenters. The molecule has 0 aliphatic heterocycles. The first-order valence-corrected chi connectivity index (χ1v) is 7.76. The van der Waals surface area contributed by atoms with Crippen molar-refractivity contribution >= 4 is 11.7 Å². The molecular formula is C19H19NO3. The summed E-state index contributed by atoms with van der Waals surface area (Å²) >= 11 is 0. The zero-order valence-electron chi connectivity index (χ0n) is 13.0. The zero-order valence-corrected chi connectivity index (χ0v) is 13.0. The van der Waals surface area contributed by atoms with Crippen molar-refractivity contribution < 1.29 is 14.3 Å². The number of carbonyl (C=O) groups is 2. The predicted octanol–water partition coefficient (Wildman–Crippen LogP) is 3.29. The average molecular weight is 309 g/mol. The maximum Gasteiger partial charge on any atom is 0.266 e. The number of ketones is 1. The first-order chi connectivity index (χ1) is 11.1. The molecule has 1 N–H and O–H groups in total. The van der Waals surface area contributed by atoms with Gasteiger partial charge in [0.1, 0.15) is 5.75 Å². The summed E-state index contributed by atoms with van der Waals surface area (Å²) in [6.07, 6.45) is 1.36. The van der Waals surface area contributed by atoms with Gasteiger partial charge in [-0.2, -0.15) is 0 Å². The Kier molecular flexibility index (Phi) is 4.42. The van der Waals surface area contributed by atoms with Crippen molar-refractivity contribution in [1.29, 1.82) is 0 Å². The highest BCUT2D eigenvalue weighted by Crippen LogP contribution is 2.25. The van der Waals surface area contributed by atoms with Crippen LogP contribution in [-0.4, -0.2) is 17.7 Å². The van der Waals surface area contributed by atoms with Gasteiger partial charge >= 0.3 is 0 Å². The number of amides is 1. The molecule has 23 heavy (non-hydrogen) atoms. The van der Waals surface area contributed by atoms with E-state index in [1.165, 1.54) is 6.92 Å². The van der Waals surface area contributed by atoms with Gasteiger partial charge in [-0.15, -0.1) is 0 Å². The number of rotatable bonds is 6. The third-order valence-electron chi connectivity index (χ3n) is 3.78. The van der Waals surface area contributed by atoms with Crippen molar-refractivity contribution in [1.82, 2.24) is 5.32 Å². The number of carbonyl (C=O) groups excluding carboxylic acids is 2. The second kappa shape index (κ2) is 6.65. The fourth-order valence-electron chi connectivity index (χ4n) is 2.31. The van der Waals surface area contributed by atoms with Crippen molar-refractivity contribution in [3.63, 3.8) is 0 Å². The van der Waals surface area contributed by atoms with Gasteiger partial charge in [0.25, 0.3) is 5.91 Å². The number of Topliss-reactive ketones (excluding diaryl/α,β-unsaturated/α-hetero) is 1. The van der Waals surface area contributed by atoms with E-state index >= 15 is 0 Å². The van der Waals surface area contributed by atoms with Gasteiger partial charge in [0, 0.05) is 17.2 Å². The van der Waals surface area contributed by atoms with Crippen molar-refractivity contribution in [2.24, 2.45) is 0 Å². The fourth-order valence-corrected chi connectivity index (χ4v) is 2.31. The zero-order chi connectivity index (χ0) is 16.2. The number of hydrogen-bond donors (Lipinski definition) is 1. The van der Waals surface area contributed by atoms with Crippen molar-refractivity contribution in [3.8, 4) is 5.75 Å². The van der Waals surface area contributed by atoms with E-state index < -0.39 is 6.10 Å². The quantitative estimate of drug-likeness (QED) is 0.833. The SMILES string of the molecule is CC(=O)c1ccc(O[C@H](C(=O)NC2CC2)c2ccccc2)cc1. The average Bonchev–Trinajstić information content (AvgIpc) is 3.37. The lowest BCUT2D eigenvalue weighted by Crippen LogP contribution is -2.33. The summed E-state index contributed by atoms with van der Waals surface area (Å²) in [5, 5.41) is 2.98. The molecule has 0 spiro atoms. The number of nitrogens with one attached hydrogen (secondary N) is 1. The lowest BCUT2D eigenvalue weighted by Gasteiger charge is -2.19. The van der Waals surface area contributed by atoms with Crippen LogP contribution in [0.2, 0.25) is 0 Å². The molecule has 1 aliphatic rings. The van der Waals surface area contributed by atoms with Crippen LogP contribution in [0.1, 0.15) is 41.8 Å². The van der Waals surface area contributed by atoms with Crippen LogP contribution >= 0.6 is 0 Å². The highest BCUT2D eigenvalue weighted by Gasteiger charge is 2.29. The standard InChI is InChI=1S/C19H19NO3/c1-13(21)14-7-11-17(12-8-14)23-18(15-5-3-2-4-6-15)19(22)20-16-9-10-16/h2-8,11-12,16,18H,9-10H2,1H3,(H,20,22)/t18-/m0/s1. The van der Waals surface area contributed by atoms with E-state index in [0.29, 0.717) is 11.3 Å². The van der Waals surface area contributed by atoms with E-state index in [4.69, 9.17) is 4.74 Å². The fraction of sp³-hybridized carbons (Fsp3) is 0.263. The Labute approximate surface area is 135 Å². The van der Waals surface area contributed by atoms with Gasteiger partial charge in [0.2, 0.25) is 6.10 Å². The Hall–Kier alpha value is -2.62. The van der Waals surface area contributed by atoms with Crippen LogP contribution in [0.4, 0.5) is 0 Å². The highest BCUT2D eigenvalue weighted by molar-refractivity contribution is 5.94. The van der Waals surface area contributed by atoms with E-state index in [2.05, 4.69) is 5.32 Å². The number of ether oxygens (including phenoxy) is 1. The Morgan fingerprint density at radius 3 is 2.26 bits per heavy atom. The van der Waals surface area contributed by atoms with Crippen molar-refractivity contribution in [2.75, 3.05) is 0 Å². The molecule has 0 saturated heterocycles. The van der Waals surface area contributed by atoms with Crippen LogP contribution < -0.4 is 10.1 Å². The smallest absolute Gasteiger partial charge is 0.266 e. The largest absolute Gasteiger partial charge is 0.476 e. The van der Waals surface area contributed by atoms with Gasteiger partial charge in [0.05, 0.1) is 0 Å². The number of benzene rings is 2. The number of hydrogen-bond acceptors (Lipinski definition) is 3. The summed E-state index contributed by atoms with van der Waals surface area (Å²) in [7, 11) is 0. The molecule has 0 heterocycles. The molecular weight excluding hydrogens is 290 g/mol. The van der Waals surface area contributed by atoms with Gasteiger partial charge in [-0.1, -0.05) is 30.3 Å². The van der Waals surface area contributed by atoms with Crippen LogP contribution in [0, 0.1) is 0 Å². The monoisotopic (exact) mass is 309 g/mol. The topological polar surface area (TPSA) is 55.4 Å². The maximum absolute atomic E-state index is 12.5. The lowest BCUT2D eigenvalue weighted by molar-refractivity contribution is -0.128. The summed E-state index contributed by atoms with van der Waals surface area (Å²) in [4.78, 5) is 23.8. The second-order valence-electron chi connectivity index (χ2n) is 5.77. The van der Waals surface area contributed by atoms with Gasteiger partial charge in [-0.25, -0.2) is 0 Å². The summed E-state index contributed by atoms with van der Waals surface area (Å²) in [5.74, 6) is 0.437. The van der Waals surface area contributed by atoms with E-state index in [-0.39, 0.29) is 17.7 Å². The molecule has 118 valence electrons. The molecule has 2 aromatic carbocycles. The summed E-state index contributed by atoms with van der Waals surface area (Å²) in [6.45, 7) is 1.52. The first kappa shape index (κ1) is 15.3. The summed E-state index contributed by atoms with van der Waals surface area (Å²) in [5.41, 5.74) is 1.43. The molecule has 1 aliphatic carbocycles. The molecule has 1 saturated carbocycles. The summed E-state index contributed by atoms with van der Waals surface area (Å²) < 4.78 is 5.90. The molecule has 0 radical (unpaired) electrons. The Balaban J connectivity index is 1.80. The molecule has 1 fully saturated rings. The first-order valence-electron chi connectivity index (χ1n) is 7.76. The minimum atomic E-state index is -0.694. The Bertz CT molecular complexity index is 690. The van der Waals surface area contributed by atoms with Crippen molar-refractivity contribution in [3.05, 3.63) is 65.7 Å². The summed E-state index contributed by atoms with van der Waals surface area (Å²) in [6, 6.07) is 16.6. The molecule has 4 nitrogen and oxygen atoms in total. The molecule has 2 aromatic rings. The highest BCUT2D eigenvalue weighted by atomic mass is 16.5. The van der Waals surface area contributed by atoms with E-state index in [1.807, 2.05) is 30.3 Å². The molecule has 4 heteroatoms. The minimum absolute atomic E-state index is 0.00244. The van der Waals surface area contributed by atoms with Crippen LogP contribution in [0.15, 0.2) is 54.6 Å². The van der Waals surface area contributed by atoms with E-state index in [9.17, 15) is 9.59 Å². The van der Waals surface area contributed by atoms with Gasteiger partial charge in [0.15, 0.2) is 5.78 Å². The lowest BCUT2D eigenvalue weighted by atomic mass is 10.1. The molecule has 0 unspecified atom stereocenters. The third kappa shape index (κ3) is 3.97. The normalized spacial score (nSPS) is 14.8. The molecule has 1 amide bonds. The van der Waals surface area contributed by atoms with E-state index in [1.54, 1.807) is 24.3 Å². The molecule has 0 bridgehead atoms. The van der Waals surface area contributed by atoms with E-state index in [0.717, 1.165) is 18.4 Å². The minimum Gasteiger partial charge on any atom is -0.476 e. The van der Waals surface area contributed by atoms with Crippen molar-refractivity contribution in [2.45, 2.75) is 31.9 Å². The van der Waals surface area contributed by atoms with Gasteiger partial charge in [-0.05, 0) is 44.0 Å². The second-order valence-corrected chi connectivity index (χ2v) is 5.77. The van der Waals surface area contributed by atoms with Crippen LogP contribution in [-0.2, 0) is 4.79 Å². The maximum atomic E-state index is 12.5. The van der Waals surface area contributed by atoms with Gasteiger partial charge < -0.3 is 10.1 Å². The Morgan fingerprint density at radius 2 is 1.70 bits per heavy atom. The Morgan fingerprint density at radius 1 is 1.04 bits per heavy atom. The molecule has 3 rings (SSSR count).